The van der Waals surface area contributed by atoms with Gasteiger partial charge in [-0.3, -0.25) is 4.79 Å². The molecule has 3 nitrogen and oxygen atoms in total. The van der Waals surface area contributed by atoms with Crippen molar-refractivity contribution >= 4 is 5.91 Å². The molecule has 92 valence electrons. The number of carbonyl (C=O) groups excluding carboxylic acids is 1. The van der Waals surface area contributed by atoms with E-state index in [4.69, 9.17) is 0 Å². The summed E-state index contributed by atoms with van der Waals surface area (Å²) in [4.78, 5) is 11.1. The van der Waals surface area contributed by atoms with Gasteiger partial charge in [0.2, 0.25) is 5.91 Å². The molecule has 1 saturated heterocycles. The molecule has 2 aliphatic rings. The van der Waals surface area contributed by atoms with Gasteiger partial charge in [-0.15, -0.1) is 0 Å². The molecule has 1 amide bonds. The normalized spacial score (nSPS) is 35.8. The molecular weight excluding hydrogens is 200 g/mol. The number of nitrogens with one attached hydrogen (secondary N) is 2. The predicted molar refractivity (Wildman–Crippen MR) is 65.2 cm³/mol. The number of carbonyl (C=O) groups is 1. The highest BCUT2D eigenvalue weighted by atomic mass is 16.1. The van der Waals surface area contributed by atoms with Crippen molar-refractivity contribution in [3.63, 3.8) is 0 Å². The van der Waals surface area contributed by atoms with E-state index in [1.807, 2.05) is 0 Å². The zero-order valence-electron chi connectivity index (χ0n) is 10.3. The molecule has 0 radical (unpaired) electrons. The molecule has 0 aromatic rings. The fraction of sp³-hybridized carbons (Fsp3) is 0.923. The SMILES string of the molecule is CCC1CCCC(NC2CCC(=O)NC2)C1. The molecule has 16 heavy (non-hydrogen) atoms. The van der Waals surface area contributed by atoms with Crippen LogP contribution < -0.4 is 10.6 Å². The van der Waals surface area contributed by atoms with Gasteiger partial charge in [0, 0.05) is 25.0 Å². The van der Waals surface area contributed by atoms with Crippen LogP contribution in [0.4, 0.5) is 0 Å². The van der Waals surface area contributed by atoms with Gasteiger partial charge in [-0.05, 0) is 25.2 Å². The molecule has 0 aromatic carbocycles. The fourth-order valence-corrected chi connectivity index (χ4v) is 3.02. The smallest absolute Gasteiger partial charge is 0.220 e. The highest BCUT2D eigenvalue weighted by molar-refractivity contribution is 5.76. The van der Waals surface area contributed by atoms with Crippen molar-refractivity contribution in [3.8, 4) is 0 Å². The van der Waals surface area contributed by atoms with E-state index in [0.29, 0.717) is 18.5 Å². The van der Waals surface area contributed by atoms with Crippen LogP contribution in [-0.2, 0) is 4.79 Å². The number of rotatable bonds is 3. The van der Waals surface area contributed by atoms with Crippen LogP contribution in [0.5, 0.6) is 0 Å². The van der Waals surface area contributed by atoms with Gasteiger partial charge in [0.15, 0.2) is 0 Å². The molecular formula is C13H24N2O. The van der Waals surface area contributed by atoms with E-state index < -0.39 is 0 Å². The Kier molecular flexibility index (Phi) is 4.22. The summed E-state index contributed by atoms with van der Waals surface area (Å²) in [7, 11) is 0. The largest absolute Gasteiger partial charge is 0.355 e. The van der Waals surface area contributed by atoms with Gasteiger partial charge >= 0.3 is 0 Å². The quantitative estimate of drug-likeness (QED) is 0.768. The van der Waals surface area contributed by atoms with Crippen molar-refractivity contribution < 1.29 is 4.79 Å². The Bertz CT molecular complexity index is 232. The zero-order chi connectivity index (χ0) is 11.4. The Morgan fingerprint density at radius 3 is 2.88 bits per heavy atom. The standard InChI is InChI=1S/C13H24N2O/c1-2-10-4-3-5-11(8-10)15-12-6-7-13(16)14-9-12/h10-12,15H,2-9H2,1H3,(H,14,16). The average Bonchev–Trinajstić information content (AvgIpc) is 2.32. The third-order valence-electron chi connectivity index (χ3n) is 4.10. The first kappa shape index (κ1) is 11.9. The monoisotopic (exact) mass is 224 g/mol. The minimum atomic E-state index is 0.216. The van der Waals surface area contributed by atoms with E-state index in [2.05, 4.69) is 17.6 Å². The van der Waals surface area contributed by atoms with Gasteiger partial charge in [0.25, 0.3) is 0 Å². The van der Waals surface area contributed by atoms with Crippen molar-refractivity contribution in [1.82, 2.24) is 10.6 Å². The van der Waals surface area contributed by atoms with Crippen LogP contribution in [0.1, 0.15) is 51.9 Å². The molecule has 2 fully saturated rings. The molecule has 0 spiro atoms. The summed E-state index contributed by atoms with van der Waals surface area (Å²) in [5, 5.41) is 6.67. The van der Waals surface area contributed by atoms with Crippen LogP contribution >= 0.6 is 0 Å². The molecule has 1 heterocycles. The van der Waals surface area contributed by atoms with E-state index in [0.717, 1.165) is 18.9 Å². The van der Waals surface area contributed by atoms with Crippen molar-refractivity contribution in [2.24, 2.45) is 5.92 Å². The predicted octanol–water partition coefficient (Wildman–Crippen LogP) is 1.82. The van der Waals surface area contributed by atoms with Crippen LogP contribution in [0.25, 0.3) is 0 Å². The maximum atomic E-state index is 11.1. The van der Waals surface area contributed by atoms with Gasteiger partial charge in [0.1, 0.15) is 0 Å². The number of piperidine rings is 1. The van der Waals surface area contributed by atoms with Crippen LogP contribution in [0.2, 0.25) is 0 Å². The number of hydrogen-bond acceptors (Lipinski definition) is 2. The maximum absolute atomic E-state index is 11.1. The maximum Gasteiger partial charge on any atom is 0.220 e. The second-order valence-corrected chi connectivity index (χ2v) is 5.34. The molecule has 3 unspecified atom stereocenters. The molecule has 3 atom stereocenters. The summed E-state index contributed by atoms with van der Waals surface area (Å²) in [6, 6.07) is 1.21. The lowest BCUT2D eigenvalue weighted by atomic mass is 9.83. The molecule has 1 aliphatic heterocycles. The highest BCUT2D eigenvalue weighted by Crippen LogP contribution is 2.27. The van der Waals surface area contributed by atoms with E-state index in [1.165, 1.54) is 32.1 Å². The van der Waals surface area contributed by atoms with Gasteiger partial charge in [-0.25, -0.2) is 0 Å². The van der Waals surface area contributed by atoms with Crippen molar-refractivity contribution in [1.29, 1.82) is 0 Å². The summed E-state index contributed by atoms with van der Waals surface area (Å²) in [6.45, 7) is 3.13. The summed E-state index contributed by atoms with van der Waals surface area (Å²) in [5.41, 5.74) is 0. The van der Waals surface area contributed by atoms with Crippen LogP contribution in [0, 0.1) is 5.92 Å². The Labute approximate surface area is 98.4 Å². The lowest BCUT2D eigenvalue weighted by molar-refractivity contribution is -0.122. The Hall–Kier alpha value is -0.570. The molecule has 1 saturated carbocycles. The molecule has 2 rings (SSSR count). The first-order valence-electron chi connectivity index (χ1n) is 6.80. The summed E-state index contributed by atoms with van der Waals surface area (Å²) < 4.78 is 0. The lowest BCUT2D eigenvalue weighted by Gasteiger charge is -2.34. The zero-order valence-corrected chi connectivity index (χ0v) is 10.3. The Balaban J connectivity index is 1.74. The first-order chi connectivity index (χ1) is 7.78. The third kappa shape index (κ3) is 3.21. The summed E-state index contributed by atoms with van der Waals surface area (Å²) in [6.07, 6.45) is 8.47. The molecule has 2 N–H and O–H groups in total. The topological polar surface area (TPSA) is 41.1 Å². The average molecular weight is 224 g/mol. The van der Waals surface area contributed by atoms with Gasteiger partial charge < -0.3 is 10.6 Å². The van der Waals surface area contributed by atoms with Crippen LogP contribution in [0.3, 0.4) is 0 Å². The fourth-order valence-electron chi connectivity index (χ4n) is 3.02. The summed E-state index contributed by atoms with van der Waals surface area (Å²) in [5.74, 6) is 1.14. The van der Waals surface area contributed by atoms with Gasteiger partial charge in [0.05, 0.1) is 0 Å². The Morgan fingerprint density at radius 1 is 1.31 bits per heavy atom. The van der Waals surface area contributed by atoms with Gasteiger partial charge in [-0.1, -0.05) is 26.2 Å². The second-order valence-electron chi connectivity index (χ2n) is 5.34. The molecule has 1 aliphatic carbocycles. The van der Waals surface area contributed by atoms with Crippen LogP contribution in [0.15, 0.2) is 0 Å². The minimum Gasteiger partial charge on any atom is -0.355 e. The van der Waals surface area contributed by atoms with Crippen LogP contribution in [-0.4, -0.2) is 24.5 Å². The first-order valence-corrected chi connectivity index (χ1v) is 6.80. The van der Waals surface area contributed by atoms with E-state index in [1.54, 1.807) is 0 Å². The van der Waals surface area contributed by atoms with E-state index in [-0.39, 0.29) is 5.91 Å². The second kappa shape index (κ2) is 5.67. The van der Waals surface area contributed by atoms with E-state index in [9.17, 15) is 4.79 Å². The van der Waals surface area contributed by atoms with Crippen molar-refractivity contribution in [3.05, 3.63) is 0 Å². The molecule has 0 aromatic heterocycles. The summed E-state index contributed by atoms with van der Waals surface area (Å²) >= 11 is 0. The third-order valence-corrected chi connectivity index (χ3v) is 4.10. The molecule has 3 heteroatoms. The Morgan fingerprint density at radius 2 is 2.19 bits per heavy atom. The van der Waals surface area contributed by atoms with Gasteiger partial charge in [-0.2, -0.15) is 0 Å². The number of amides is 1. The number of hydrogen-bond donors (Lipinski definition) is 2. The lowest BCUT2D eigenvalue weighted by Crippen LogP contribution is -2.50. The highest BCUT2D eigenvalue weighted by Gasteiger charge is 2.25. The minimum absolute atomic E-state index is 0.216. The molecule has 0 bridgehead atoms. The van der Waals surface area contributed by atoms with E-state index >= 15 is 0 Å². The van der Waals surface area contributed by atoms with Crippen molar-refractivity contribution in [2.45, 2.75) is 64.0 Å². The van der Waals surface area contributed by atoms with Crippen molar-refractivity contribution in [2.75, 3.05) is 6.54 Å².